The van der Waals surface area contributed by atoms with Gasteiger partial charge in [0.25, 0.3) is 0 Å². The molecule has 0 unspecified atom stereocenters. The lowest BCUT2D eigenvalue weighted by atomic mass is 9.82. The second-order valence-corrected chi connectivity index (χ2v) is 6.20. The van der Waals surface area contributed by atoms with Crippen LogP contribution in [-0.4, -0.2) is 11.5 Å². The van der Waals surface area contributed by atoms with Crippen molar-refractivity contribution in [1.29, 1.82) is 0 Å². The zero-order chi connectivity index (χ0) is 13.9. The van der Waals surface area contributed by atoms with E-state index in [0.29, 0.717) is 0 Å². The Labute approximate surface area is 113 Å². The number of nitro groups is 1. The van der Waals surface area contributed by atoms with Crippen molar-refractivity contribution >= 4 is 0 Å². The second-order valence-electron chi connectivity index (χ2n) is 6.20. The van der Waals surface area contributed by atoms with E-state index in [1.165, 1.54) is 51.4 Å². The first-order valence-electron chi connectivity index (χ1n) is 7.60. The first kappa shape index (κ1) is 17.4. The Morgan fingerprint density at radius 3 is 1.94 bits per heavy atom. The molecule has 18 heavy (non-hydrogen) atoms. The molecule has 0 aliphatic carbocycles. The van der Waals surface area contributed by atoms with E-state index in [1.54, 1.807) is 0 Å². The van der Waals surface area contributed by atoms with Gasteiger partial charge in [0.2, 0.25) is 6.54 Å². The molecule has 0 aromatic carbocycles. The summed E-state index contributed by atoms with van der Waals surface area (Å²) < 4.78 is 0. The molecule has 108 valence electrons. The Morgan fingerprint density at radius 1 is 0.889 bits per heavy atom. The minimum atomic E-state index is -0.205. The van der Waals surface area contributed by atoms with Gasteiger partial charge in [-0.1, -0.05) is 65.7 Å². The molecule has 0 saturated heterocycles. The van der Waals surface area contributed by atoms with Crippen LogP contribution in [0.3, 0.4) is 0 Å². The van der Waals surface area contributed by atoms with E-state index in [2.05, 4.69) is 20.8 Å². The number of nitrogens with zero attached hydrogens (tertiary/aromatic N) is 1. The highest BCUT2D eigenvalue weighted by atomic mass is 16.6. The van der Waals surface area contributed by atoms with Gasteiger partial charge in [-0.25, -0.2) is 0 Å². The van der Waals surface area contributed by atoms with Crippen LogP contribution in [0.25, 0.3) is 0 Å². The van der Waals surface area contributed by atoms with Gasteiger partial charge in [0.15, 0.2) is 0 Å². The number of hydrogen-bond acceptors (Lipinski definition) is 2. The van der Waals surface area contributed by atoms with E-state index in [1.807, 2.05) is 0 Å². The van der Waals surface area contributed by atoms with Crippen molar-refractivity contribution in [3.8, 4) is 0 Å². The third-order valence-electron chi connectivity index (χ3n) is 3.65. The fourth-order valence-electron chi connectivity index (χ4n) is 2.37. The summed E-state index contributed by atoms with van der Waals surface area (Å²) in [5, 5.41) is 10.3. The zero-order valence-corrected chi connectivity index (χ0v) is 12.5. The van der Waals surface area contributed by atoms with Crippen molar-refractivity contribution in [3.05, 3.63) is 10.1 Å². The molecular formula is C15H31NO2. The number of hydrogen-bond donors (Lipinski definition) is 0. The molecule has 0 aliphatic heterocycles. The molecule has 0 radical (unpaired) electrons. The van der Waals surface area contributed by atoms with Crippen molar-refractivity contribution in [2.75, 3.05) is 6.54 Å². The lowest BCUT2D eigenvalue weighted by molar-refractivity contribution is -0.480. The summed E-state index contributed by atoms with van der Waals surface area (Å²) in [7, 11) is 0. The molecule has 0 atom stereocenters. The molecule has 0 aliphatic rings. The maximum Gasteiger partial charge on any atom is 0.203 e. The lowest BCUT2D eigenvalue weighted by Gasteiger charge is -2.23. The van der Waals surface area contributed by atoms with E-state index in [0.717, 1.165) is 12.8 Å². The highest BCUT2D eigenvalue weighted by Gasteiger charge is 2.17. The molecule has 0 aromatic rings. The van der Waals surface area contributed by atoms with Crippen LogP contribution in [0.15, 0.2) is 0 Å². The standard InChI is InChI=1S/C15H31NO2/c1-4-5-6-7-8-9-10-12-15(2,3)13-11-14-16(17)18/h4-14H2,1-3H3. The van der Waals surface area contributed by atoms with Crippen LogP contribution in [0.2, 0.25) is 0 Å². The third kappa shape index (κ3) is 11.9. The minimum Gasteiger partial charge on any atom is -0.265 e. The molecule has 0 heterocycles. The van der Waals surface area contributed by atoms with E-state index < -0.39 is 0 Å². The maximum atomic E-state index is 10.3. The Hall–Kier alpha value is -0.600. The fourth-order valence-corrected chi connectivity index (χ4v) is 2.37. The summed E-state index contributed by atoms with van der Waals surface area (Å²) in [4.78, 5) is 10.1. The summed E-state index contributed by atoms with van der Waals surface area (Å²) in [6, 6.07) is 0. The summed E-state index contributed by atoms with van der Waals surface area (Å²) in [6.45, 7) is 6.85. The van der Waals surface area contributed by atoms with E-state index >= 15 is 0 Å². The van der Waals surface area contributed by atoms with Crippen LogP contribution in [0.1, 0.15) is 85.0 Å². The SMILES string of the molecule is CCCCCCCCCC(C)(C)CCC[N+](=O)[O-]. The number of rotatable bonds is 12. The molecule has 3 heteroatoms. The van der Waals surface area contributed by atoms with Crippen LogP contribution in [0.5, 0.6) is 0 Å². The Kier molecular flexibility index (Phi) is 9.99. The van der Waals surface area contributed by atoms with E-state index in [9.17, 15) is 10.1 Å². The summed E-state index contributed by atoms with van der Waals surface area (Å²) in [6.07, 6.45) is 12.3. The first-order chi connectivity index (χ1) is 8.48. The molecular weight excluding hydrogens is 226 g/mol. The van der Waals surface area contributed by atoms with Gasteiger partial charge in [0.1, 0.15) is 0 Å². The average Bonchev–Trinajstić information content (AvgIpc) is 2.27. The molecule has 0 saturated carbocycles. The van der Waals surface area contributed by atoms with Crippen molar-refractivity contribution in [3.63, 3.8) is 0 Å². The predicted molar refractivity (Wildman–Crippen MR) is 77.5 cm³/mol. The summed E-state index contributed by atoms with van der Waals surface area (Å²) >= 11 is 0. The van der Waals surface area contributed by atoms with Crippen LogP contribution < -0.4 is 0 Å². The third-order valence-corrected chi connectivity index (χ3v) is 3.65. The molecule has 0 amide bonds. The highest BCUT2D eigenvalue weighted by molar-refractivity contribution is 4.68. The maximum absolute atomic E-state index is 10.3. The molecule has 0 bridgehead atoms. The van der Waals surface area contributed by atoms with Crippen LogP contribution in [0.4, 0.5) is 0 Å². The van der Waals surface area contributed by atoms with E-state index in [4.69, 9.17) is 0 Å². The van der Waals surface area contributed by atoms with Gasteiger partial charge in [-0.2, -0.15) is 0 Å². The van der Waals surface area contributed by atoms with Crippen molar-refractivity contribution in [2.24, 2.45) is 5.41 Å². The van der Waals surface area contributed by atoms with Gasteiger partial charge in [0.05, 0.1) is 0 Å². The lowest BCUT2D eigenvalue weighted by Crippen LogP contribution is -2.13. The zero-order valence-electron chi connectivity index (χ0n) is 12.5. The largest absolute Gasteiger partial charge is 0.265 e. The van der Waals surface area contributed by atoms with Gasteiger partial charge in [-0.3, -0.25) is 10.1 Å². The Balaban J connectivity index is 3.43. The normalized spacial score (nSPS) is 11.7. The molecule has 0 rings (SSSR count). The highest BCUT2D eigenvalue weighted by Crippen LogP contribution is 2.29. The second kappa shape index (κ2) is 10.3. The number of unbranched alkanes of at least 4 members (excludes halogenated alkanes) is 6. The van der Waals surface area contributed by atoms with Crippen LogP contribution >= 0.6 is 0 Å². The van der Waals surface area contributed by atoms with Gasteiger partial charge in [0, 0.05) is 11.3 Å². The smallest absolute Gasteiger partial charge is 0.203 e. The molecule has 0 spiro atoms. The summed E-state index contributed by atoms with van der Waals surface area (Å²) in [5.74, 6) is 0. The first-order valence-corrected chi connectivity index (χ1v) is 7.60. The summed E-state index contributed by atoms with van der Waals surface area (Å²) in [5.41, 5.74) is 0.277. The van der Waals surface area contributed by atoms with E-state index in [-0.39, 0.29) is 16.9 Å². The molecule has 0 fully saturated rings. The average molecular weight is 257 g/mol. The van der Waals surface area contributed by atoms with Gasteiger partial charge in [-0.05, 0) is 18.3 Å². The van der Waals surface area contributed by atoms with Crippen molar-refractivity contribution in [2.45, 2.75) is 85.0 Å². The molecule has 0 aromatic heterocycles. The van der Waals surface area contributed by atoms with Crippen molar-refractivity contribution in [1.82, 2.24) is 0 Å². The fraction of sp³-hybridized carbons (Fsp3) is 1.00. The van der Waals surface area contributed by atoms with Crippen LogP contribution in [-0.2, 0) is 0 Å². The van der Waals surface area contributed by atoms with Crippen LogP contribution in [0, 0.1) is 15.5 Å². The Morgan fingerprint density at radius 2 is 1.39 bits per heavy atom. The predicted octanol–water partition coefficient (Wildman–Crippen LogP) is 5.21. The quantitative estimate of drug-likeness (QED) is 0.273. The van der Waals surface area contributed by atoms with Gasteiger partial charge >= 0.3 is 0 Å². The molecule has 3 nitrogen and oxygen atoms in total. The topological polar surface area (TPSA) is 43.1 Å². The minimum absolute atomic E-state index is 0.125. The molecule has 0 N–H and O–H groups in total. The van der Waals surface area contributed by atoms with Gasteiger partial charge < -0.3 is 0 Å². The monoisotopic (exact) mass is 257 g/mol. The van der Waals surface area contributed by atoms with Crippen molar-refractivity contribution < 1.29 is 4.92 Å². The Bertz CT molecular complexity index is 215. The van der Waals surface area contributed by atoms with Gasteiger partial charge in [-0.15, -0.1) is 0 Å².